The van der Waals surface area contributed by atoms with Crippen molar-refractivity contribution in [1.29, 1.82) is 0 Å². The summed E-state index contributed by atoms with van der Waals surface area (Å²) in [7, 11) is -3.20. The van der Waals surface area contributed by atoms with Crippen LogP contribution in [0.4, 0.5) is 8.78 Å². The smallest absolute Gasteiger partial charge is 0.258 e. The average molecular weight is 362 g/mol. The molecule has 1 aliphatic rings. The van der Waals surface area contributed by atoms with Gasteiger partial charge in [-0.3, -0.25) is 4.79 Å². The highest BCUT2D eigenvalue weighted by molar-refractivity contribution is 7.89. The lowest BCUT2D eigenvalue weighted by atomic mass is 10.1. The van der Waals surface area contributed by atoms with Gasteiger partial charge >= 0.3 is 0 Å². The van der Waals surface area contributed by atoms with E-state index in [0.29, 0.717) is 32.0 Å². The van der Waals surface area contributed by atoms with Gasteiger partial charge < -0.3 is 10.1 Å². The third kappa shape index (κ3) is 4.88. The Morgan fingerprint density at radius 3 is 2.58 bits per heavy atom. The van der Waals surface area contributed by atoms with Gasteiger partial charge in [-0.05, 0) is 31.9 Å². The molecule has 1 fully saturated rings. The summed E-state index contributed by atoms with van der Waals surface area (Å²) >= 11 is 0. The zero-order chi connectivity index (χ0) is 17.7. The molecule has 24 heavy (non-hydrogen) atoms. The molecule has 1 saturated heterocycles. The quantitative estimate of drug-likeness (QED) is 0.827. The fourth-order valence-electron chi connectivity index (χ4n) is 2.47. The Balaban J connectivity index is 1.78. The van der Waals surface area contributed by atoms with Crippen molar-refractivity contribution in [2.24, 2.45) is 0 Å². The molecule has 0 aliphatic carbocycles. The van der Waals surface area contributed by atoms with E-state index in [-0.39, 0.29) is 17.5 Å². The van der Waals surface area contributed by atoms with Crippen molar-refractivity contribution in [3.63, 3.8) is 0 Å². The van der Waals surface area contributed by atoms with Gasteiger partial charge in [0.25, 0.3) is 5.91 Å². The number of piperidine rings is 1. The van der Waals surface area contributed by atoms with Crippen molar-refractivity contribution in [3.05, 3.63) is 29.8 Å². The Morgan fingerprint density at radius 2 is 2.00 bits per heavy atom. The van der Waals surface area contributed by atoms with E-state index in [9.17, 15) is 22.0 Å². The van der Waals surface area contributed by atoms with E-state index in [2.05, 4.69) is 5.32 Å². The fourth-order valence-corrected chi connectivity index (χ4v) is 3.60. The number of carbonyl (C=O) groups is 1. The molecule has 0 radical (unpaired) electrons. The van der Waals surface area contributed by atoms with Gasteiger partial charge in [-0.25, -0.2) is 21.5 Å². The van der Waals surface area contributed by atoms with Crippen molar-refractivity contribution in [1.82, 2.24) is 9.62 Å². The number of carbonyl (C=O) groups excluding carboxylic acids is 1. The maximum atomic E-state index is 13.4. The van der Waals surface area contributed by atoms with Crippen LogP contribution in [0, 0.1) is 11.6 Å². The summed E-state index contributed by atoms with van der Waals surface area (Å²) in [5, 5.41) is 2.73. The van der Waals surface area contributed by atoms with Crippen LogP contribution in [-0.4, -0.2) is 50.1 Å². The summed E-state index contributed by atoms with van der Waals surface area (Å²) < 4.78 is 56.1. The Kier molecular flexibility index (Phi) is 6.11. The van der Waals surface area contributed by atoms with Gasteiger partial charge in [-0.1, -0.05) is 0 Å². The number of nitrogens with one attached hydrogen (secondary N) is 1. The zero-order valence-corrected chi connectivity index (χ0v) is 14.1. The Morgan fingerprint density at radius 1 is 1.33 bits per heavy atom. The van der Waals surface area contributed by atoms with Crippen molar-refractivity contribution in [2.45, 2.75) is 25.8 Å². The number of sulfonamides is 1. The number of rotatable bonds is 6. The lowest BCUT2D eigenvalue weighted by Gasteiger charge is -2.31. The molecule has 1 amide bonds. The third-order valence-electron chi connectivity index (χ3n) is 3.83. The molecule has 0 spiro atoms. The van der Waals surface area contributed by atoms with Crippen LogP contribution in [0.2, 0.25) is 0 Å². The summed E-state index contributed by atoms with van der Waals surface area (Å²) in [6.07, 6.45) is 1.02. The Hall–Kier alpha value is -1.74. The summed E-state index contributed by atoms with van der Waals surface area (Å²) in [5.74, 6) is -2.17. The van der Waals surface area contributed by atoms with Gasteiger partial charge in [0.05, 0.1) is 5.75 Å². The molecule has 0 saturated carbocycles. The van der Waals surface area contributed by atoms with Crippen molar-refractivity contribution >= 4 is 15.9 Å². The van der Waals surface area contributed by atoms with E-state index in [4.69, 9.17) is 4.74 Å². The van der Waals surface area contributed by atoms with Gasteiger partial charge in [-0.15, -0.1) is 0 Å². The second-order valence-electron chi connectivity index (χ2n) is 5.50. The number of amides is 1. The van der Waals surface area contributed by atoms with E-state index < -0.39 is 34.2 Å². The minimum atomic E-state index is -3.20. The highest BCUT2D eigenvalue weighted by Gasteiger charge is 2.27. The van der Waals surface area contributed by atoms with Gasteiger partial charge in [-0.2, -0.15) is 0 Å². The molecular formula is C15H20F2N2O4S. The van der Waals surface area contributed by atoms with Crippen LogP contribution >= 0.6 is 0 Å². The fraction of sp³-hybridized carbons (Fsp3) is 0.533. The molecule has 0 unspecified atom stereocenters. The van der Waals surface area contributed by atoms with E-state index >= 15 is 0 Å². The SMILES string of the molecule is CCS(=O)(=O)N1CCC(NC(=O)COc2ccc(F)cc2F)CC1. The number of hydrogen-bond acceptors (Lipinski definition) is 4. The molecule has 0 aromatic heterocycles. The molecule has 2 rings (SSSR count). The molecular weight excluding hydrogens is 342 g/mol. The van der Waals surface area contributed by atoms with Gasteiger partial charge in [0.15, 0.2) is 18.2 Å². The van der Waals surface area contributed by atoms with Crippen LogP contribution in [0.15, 0.2) is 18.2 Å². The molecule has 0 bridgehead atoms. The van der Waals surface area contributed by atoms with Crippen molar-refractivity contribution in [2.75, 3.05) is 25.4 Å². The third-order valence-corrected chi connectivity index (χ3v) is 5.71. The minimum absolute atomic E-state index is 0.0566. The predicted octanol–water partition coefficient (Wildman–Crippen LogP) is 1.27. The maximum absolute atomic E-state index is 13.4. The minimum Gasteiger partial charge on any atom is -0.481 e. The summed E-state index contributed by atoms with van der Waals surface area (Å²) in [6, 6.07) is 2.69. The van der Waals surface area contributed by atoms with E-state index in [1.165, 1.54) is 4.31 Å². The maximum Gasteiger partial charge on any atom is 0.258 e. The number of nitrogens with zero attached hydrogens (tertiary/aromatic N) is 1. The number of benzene rings is 1. The molecule has 6 nitrogen and oxygen atoms in total. The van der Waals surface area contributed by atoms with Crippen LogP contribution in [0.3, 0.4) is 0 Å². The molecule has 1 aromatic rings. The van der Waals surface area contributed by atoms with Crippen LogP contribution in [0.25, 0.3) is 0 Å². The average Bonchev–Trinajstić information content (AvgIpc) is 2.54. The number of halogens is 2. The summed E-state index contributed by atoms with van der Waals surface area (Å²) in [5.41, 5.74) is 0. The van der Waals surface area contributed by atoms with Crippen LogP contribution < -0.4 is 10.1 Å². The molecule has 1 N–H and O–H groups in total. The molecule has 1 aliphatic heterocycles. The monoisotopic (exact) mass is 362 g/mol. The summed E-state index contributed by atoms with van der Waals surface area (Å²) in [4.78, 5) is 11.8. The number of ether oxygens (including phenoxy) is 1. The molecule has 1 aromatic carbocycles. The standard InChI is InChI=1S/C15H20F2N2O4S/c1-2-24(21,22)19-7-5-12(6-8-19)18-15(20)10-23-14-4-3-11(16)9-13(14)17/h3-4,9,12H,2,5-8,10H2,1H3,(H,18,20). The second kappa shape index (κ2) is 7.89. The van der Waals surface area contributed by atoms with Crippen LogP contribution in [-0.2, 0) is 14.8 Å². The summed E-state index contributed by atoms with van der Waals surface area (Å²) in [6.45, 7) is 1.91. The van der Waals surface area contributed by atoms with Crippen molar-refractivity contribution in [3.8, 4) is 5.75 Å². The lowest BCUT2D eigenvalue weighted by molar-refractivity contribution is -0.124. The highest BCUT2D eigenvalue weighted by atomic mass is 32.2. The first-order chi connectivity index (χ1) is 11.3. The van der Waals surface area contributed by atoms with Gasteiger partial charge in [0.1, 0.15) is 5.82 Å². The number of hydrogen-bond donors (Lipinski definition) is 1. The Bertz CT molecular complexity index is 689. The largest absolute Gasteiger partial charge is 0.481 e. The first-order valence-electron chi connectivity index (χ1n) is 7.67. The normalized spacial score (nSPS) is 16.8. The zero-order valence-electron chi connectivity index (χ0n) is 13.3. The van der Waals surface area contributed by atoms with Crippen LogP contribution in [0.1, 0.15) is 19.8 Å². The van der Waals surface area contributed by atoms with Gasteiger partial charge in [0.2, 0.25) is 10.0 Å². The van der Waals surface area contributed by atoms with Gasteiger partial charge in [0, 0.05) is 25.2 Å². The van der Waals surface area contributed by atoms with E-state index in [1.807, 2.05) is 0 Å². The van der Waals surface area contributed by atoms with Crippen LogP contribution in [0.5, 0.6) is 5.75 Å². The first kappa shape index (κ1) is 18.6. The second-order valence-corrected chi connectivity index (χ2v) is 7.76. The predicted molar refractivity (Wildman–Crippen MR) is 84.1 cm³/mol. The topological polar surface area (TPSA) is 75.7 Å². The molecule has 1 heterocycles. The molecule has 134 valence electrons. The Labute approximate surface area is 139 Å². The lowest BCUT2D eigenvalue weighted by Crippen LogP contribution is -2.47. The van der Waals surface area contributed by atoms with E-state index in [0.717, 1.165) is 12.1 Å². The van der Waals surface area contributed by atoms with E-state index in [1.54, 1.807) is 6.92 Å². The van der Waals surface area contributed by atoms with Crippen molar-refractivity contribution < 1.29 is 26.7 Å². The molecule has 9 heteroatoms. The molecule has 0 atom stereocenters. The highest BCUT2D eigenvalue weighted by Crippen LogP contribution is 2.18. The first-order valence-corrected chi connectivity index (χ1v) is 9.27.